The number of likely N-dealkylation sites (N-methyl/N-ethyl adjacent to an activating group) is 1. The molecule has 6 heteroatoms. The third-order valence-electron chi connectivity index (χ3n) is 1.99. The molecule has 88 valence electrons. The summed E-state index contributed by atoms with van der Waals surface area (Å²) in [6.07, 6.45) is 0. The van der Waals surface area contributed by atoms with E-state index in [4.69, 9.17) is 5.26 Å². The van der Waals surface area contributed by atoms with E-state index in [1.807, 2.05) is 20.2 Å². The molecule has 0 fully saturated rings. The van der Waals surface area contributed by atoms with Gasteiger partial charge in [-0.2, -0.15) is 5.26 Å². The van der Waals surface area contributed by atoms with Crippen LogP contribution in [0.3, 0.4) is 0 Å². The molecule has 0 aliphatic rings. The van der Waals surface area contributed by atoms with Crippen LogP contribution in [0.15, 0.2) is 14.3 Å². The highest BCUT2D eigenvalue weighted by atomic mass is 79.9. The molecule has 3 nitrogen and oxygen atoms in total. The van der Waals surface area contributed by atoms with E-state index in [0.717, 1.165) is 26.2 Å². The lowest BCUT2D eigenvalue weighted by atomic mass is 10.2. The Bertz CT molecular complexity index is 364. The second-order valence-corrected chi connectivity index (χ2v) is 6.85. The second-order valence-electron chi connectivity index (χ2n) is 3.59. The highest BCUT2D eigenvalue weighted by Crippen LogP contribution is 2.35. The molecule has 0 bridgehead atoms. The lowest BCUT2D eigenvalue weighted by molar-refractivity contribution is 0.395. The fraction of sp³-hybridized carbons (Fsp3) is 0.500. The van der Waals surface area contributed by atoms with Gasteiger partial charge in [0.1, 0.15) is 6.04 Å². The second kappa shape index (κ2) is 6.72. The number of nitrogens with one attached hydrogen (secondary N) is 1. The van der Waals surface area contributed by atoms with Gasteiger partial charge in [-0.05, 0) is 52.0 Å². The van der Waals surface area contributed by atoms with Crippen LogP contribution in [0.1, 0.15) is 10.9 Å². The van der Waals surface area contributed by atoms with Crippen LogP contribution >= 0.6 is 43.2 Å². The molecule has 0 saturated heterocycles. The van der Waals surface area contributed by atoms with E-state index in [9.17, 15) is 0 Å². The zero-order valence-corrected chi connectivity index (χ0v) is 13.1. The number of hydrogen-bond donors (Lipinski definition) is 1. The van der Waals surface area contributed by atoms with E-state index in [2.05, 4.69) is 48.1 Å². The van der Waals surface area contributed by atoms with Gasteiger partial charge in [0.2, 0.25) is 0 Å². The summed E-state index contributed by atoms with van der Waals surface area (Å²) in [5.74, 6) is 0. The Morgan fingerprint density at radius 2 is 2.25 bits per heavy atom. The summed E-state index contributed by atoms with van der Waals surface area (Å²) in [5, 5.41) is 12.3. The van der Waals surface area contributed by atoms with E-state index >= 15 is 0 Å². The number of rotatable bonds is 5. The van der Waals surface area contributed by atoms with Gasteiger partial charge in [-0.15, -0.1) is 11.3 Å². The van der Waals surface area contributed by atoms with Crippen molar-refractivity contribution in [2.75, 3.05) is 27.2 Å². The lowest BCUT2D eigenvalue weighted by Gasteiger charge is -2.13. The first kappa shape index (κ1) is 14.1. The number of nitriles is 1. The minimum Gasteiger partial charge on any atom is -0.308 e. The third-order valence-corrected chi connectivity index (χ3v) is 5.31. The monoisotopic (exact) mass is 365 g/mol. The highest BCUT2D eigenvalue weighted by molar-refractivity contribution is 9.13. The summed E-state index contributed by atoms with van der Waals surface area (Å²) >= 11 is 8.43. The maximum atomic E-state index is 9.09. The zero-order chi connectivity index (χ0) is 12.1. The van der Waals surface area contributed by atoms with Gasteiger partial charge in [-0.25, -0.2) is 0 Å². The Balaban J connectivity index is 2.58. The van der Waals surface area contributed by atoms with E-state index in [1.54, 1.807) is 11.3 Å². The van der Waals surface area contributed by atoms with Crippen LogP contribution in [0.2, 0.25) is 0 Å². The fourth-order valence-electron chi connectivity index (χ4n) is 1.15. The summed E-state index contributed by atoms with van der Waals surface area (Å²) in [6.45, 7) is 1.73. The molecule has 1 atom stereocenters. The van der Waals surface area contributed by atoms with Crippen LogP contribution in [-0.4, -0.2) is 32.1 Å². The van der Waals surface area contributed by atoms with Crippen LogP contribution in [0.4, 0.5) is 0 Å². The van der Waals surface area contributed by atoms with Crippen molar-refractivity contribution in [2.24, 2.45) is 0 Å². The fourth-order valence-corrected chi connectivity index (χ4v) is 3.26. The minimum absolute atomic E-state index is 0.229. The van der Waals surface area contributed by atoms with Crippen molar-refractivity contribution in [1.82, 2.24) is 10.2 Å². The largest absolute Gasteiger partial charge is 0.308 e. The van der Waals surface area contributed by atoms with Gasteiger partial charge in [0.15, 0.2) is 0 Å². The van der Waals surface area contributed by atoms with Crippen molar-refractivity contribution in [3.8, 4) is 6.07 Å². The van der Waals surface area contributed by atoms with Crippen molar-refractivity contribution in [1.29, 1.82) is 5.26 Å². The van der Waals surface area contributed by atoms with Crippen LogP contribution in [0.5, 0.6) is 0 Å². The van der Waals surface area contributed by atoms with Gasteiger partial charge in [0.25, 0.3) is 0 Å². The molecule has 0 aromatic carbocycles. The quantitative estimate of drug-likeness (QED) is 0.870. The van der Waals surface area contributed by atoms with Crippen molar-refractivity contribution in [3.63, 3.8) is 0 Å². The number of thiophene rings is 1. The zero-order valence-electron chi connectivity index (χ0n) is 9.13. The van der Waals surface area contributed by atoms with E-state index in [-0.39, 0.29) is 6.04 Å². The Morgan fingerprint density at radius 1 is 1.56 bits per heavy atom. The summed E-state index contributed by atoms with van der Waals surface area (Å²) in [5.41, 5.74) is 0. The molecule has 1 heterocycles. The number of nitrogens with zero attached hydrogens (tertiary/aromatic N) is 2. The molecule has 1 aromatic rings. The molecule has 0 saturated carbocycles. The average Bonchev–Trinajstić information content (AvgIpc) is 2.53. The van der Waals surface area contributed by atoms with Crippen molar-refractivity contribution in [2.45, 2.75) is 6.04 Å². The minimum atomic E-state index is -0.229. The summed E-state index contributed by atoms with van der Waals surface area (Å²) < 4.78 is 2.03. The standard InChI is InChI=1S/C10H13Br2N3S/c1-15(2)4-3-14-8(6-13)9-5-7(11)10(12)16-9/h5,8,14H,3-4H2,1-2H3. The third kappa shape index (κ3) is 4.15. The highest BCUT2D eigenvalue weighted by Gasteiger charge is 2.14. The molecule has 0 radical (unpaired) electrons. The number of halogens is 2. The Hall–Kier alpha value is 0.0700. The first-order valence-corrected chi connectivity index (χ1v) is 7.17. The van der Waals surface area contributed by atoms with Gasteiger partial charge in [-0.1, -0.05) is 0 Å². The van der Waals surface area contributed by atoms with Crippen LogP contribution in [0, 0.1) is 11.3 Å². The van der Waals surface area contributed by atoms with Crippen LogP contribution in [0.25, 0.3) is 0 Å². The van der Waals surface area contributed by atoms with E-state index in [0.29, 0.717) is 0 Å². The molecule has 0 aliphatic heterocycles. The topological polar surface area (TPSA) is 39.1 Å². The van der Waals surface area contributed by atoms with E-state index in [1.165, 1.54) is 0 Å². The number of hydrogen-bond acceptors (Lipinski definition) is 4. The predicted octanol–water partition coefficient (Wildman–Crippen LogP) is 2.99. The summed E-state index contributed by atoms with van der Waals surface area (Å²) in [4.78, 5) is 3.11. The maximum Gasteiger partial charge on any atom is 0.130 e. The normalized spacial score (nSPS) is 12.8. The van der Waals surface area contributed by atoms with E-state index < -0.39 is 0 Å². The molecular formula is C10H13Br2N3S. The first-order chi connectivity index (χ1) is 7.54. The van der Waals surface area contributed by atoms with Crippen LogP contribution in [-0.2, 0) is 0 Å². The van der Waals surface area contributed by atoms with Gasteiger partial charge in [-0.3, -0.25) is 5.32 Å². The lowest BCUT2D eigenvalue weighted by Crippen LogP contribution is -2.28. The van der Waals surface area contributed by atoms with Gasteiger partial charge >= 0.3 is 0 Å². The smallest absolute Gasteiger partial charge is 0.130 e. The molecule has 16 heavy (non-hydrogen) atoms. The van der Waals surface area contributed by atoms with Crippen molar-refractivity contribution < 1.29 is 0 Å². The average molecular weight is 367 g/mol. The Morgan fingerprint density at radius 3 is 2.69 bits per heavy atom. The molecular weight excluding hydrogens is 354 g/mol. The van der Waals surface area contributed by atoms with Crippen molar-refractivity contribution in [3.05, 3.63) is 19.2 Å². The SMILES string of the molecule is CN(C)CCNC(C#N)c1cc(Br)c(Br)s1. The summed E-state index contributed by atoms with van der Waals surface area (Å²) in [7, 11) is 4.03. The first-order valence-electron chi connectivity index (χ1n) is 4.77. The van der Waals surface area contributed by atoms with Gasteiger partial charge < -0.3 is 4.90 Å². The van der Waals surface area contributed by atoms with Gasteiger partial charge in [0.05, 0.1) is 9.86 Å². The van der Waals surface area contributed by atoms with Gasteiger partial charge in [0, 0.05) is 22.4 Å². The molecule has 0 aliphatic carbocycles. The molecule has 0 spiro atoms. The molecule has 0 amide bonds. The Kier molecular flexibility index (Phi) is 5.94. The van der Waals surface area contributed by atoms with Crippen LogP contribution < -0.4 is 5.32 Å². The molecule has 1 unspecified atom stereocenters. The molecule has 1 N–H and O–H groups in total. The maximum absolute atomic E-state index is 9.09. The molecule has 1 rings (SSSR count). The predicted molar refractivity (Wildman–Crippen MR) is 74.6 cm³/mol. The Labute approximate surface area is 117 Å². The van der Waals surface area contributed by atoms with Crippen molar-refractivity contribution >= 4 is 43.2 Å². The molecule has 1 aromatic heterocycles. The summed E-state index contributed by atoms with van der Waals surface area (Å²) in [6, 6.07) is 4.02.